The van der Waals surface area contributed by atoms with Gasteiger partial charge in [-0.3, -0.25) is 0 Å². The van der Waals surface area contributed by atoms with Crippen LogP contribution in [0.15, 0.2) is 36.4 Å². The van der Waals surface area contributed by atoms with E-state index in [1.165, 1.54) is 0 Å². The van der Waals surface area contributed by atoms with E-state index >= 15 is 0 Å². The second-order valence-corrected chi connectivity index (χ2v) is 4.70. The average Bonchev–Trinajstić information content (AvgIpc) is 2.94. The minimum Gasteiger partial charge on any atom is -0.492 e. The van der Waals surface area contributed by atoms with E-state index in [1.807, 2.05) is 44.2 Å². The highest BCUT2D eigenvalue weighted by molar-refractivity contribution is 5.74. The molecule has 0 bridgehead atoms. The predicted octanol–water partition coefficient (Wildman–Crippen LogP) is 2.80. The van der Waals surface area contributed by atoms with Crippen LogP contribution in [0.25, 0.3) is 16.7 Å². The lowest BCUT2D eigenvalue weighted by atomic mass is 10.2. The van der Waals surface area contributed by atoms with Crippen LogP contribution in [-0.2, 0) is 0 Å². The molecule has 0 spiro atoms. The average molecular weight is 298 g/mol. The highest BCUT2D eigenvalue weighted by Gasteiger charge is 2.14. The summed E-state index contributed by atoms with van der Waals surface area (Å²) in [5.74, 6) is 1.23. The molecule has 1 aromatic heterocycles. The number of hydrogen-bond donors (Lipinski definition) is 1. The summed E-state index contributed by atoms with van der Waals surface area (Å²) in [6, 6.07) is 11.2. The lowest BCUT2D eigenvalue weighted by Gasteiger charge is -2.13. The Hall–Kier alpha value is -2.76. The van der Waals surface area contributed by atoms with E-state index in [0.29, 0.717) is 36.1 Å². The summed E-state index contributed by atoms with van der Waals surface area (Å²) in [4.78, 5) is 1.55. The molecule has 6 nitrogen and oxygen atoms in total. The fraction of sp³-hybridized carbons (Fsp3) is 0.250. The highest BCUT2D eigenvalue weighted by Crippen LogP contribution is 2.33. The number of rotatable bonds is 5. The molecule has 6 heteroatoms. The van der Waals surface area contributed by atoms with Gasteiger partial charge in [-0.25, -0.2) is 0 Å². The van der Waals surface area contributed by atoms with Gasteiger partial charge >= 0.3 is 0 Å². The summed E-state index contributed by atoms with van der Waals surface area (Å²) < 4.78 is 11.2. The molecule has 0 atom stereocenters. The number of nitrogen functional groups attached to an aromatic ring is 1. The molecule has 0 aliphatic rings. The first-order valence-corrected chi connectivity index (χ1v) is 7.24. The van der Waals surface area contributed by atoms with Crippen molar-refractivity contribution in [2.45, 2.75) is 13.8 Å². The van der Waals surface area contributed by atoms with Crippen LogP contribution < -0.4 is 15.2 Å². The van der Waals surface area contributed by atoms with Crippen molar-refractivity contribution in [3.05, 3.63) is 36.4 Å². The van der Waals surface area contributed by atoms with Gasteiger partial charge in [0.15, 0.2) is 0 Å². The van der Waals surface area contributed by atoms with E-state index in [1.54, 1.807) is 10.9 Å². The standard InChI is InChI=1S/C16H18N4O2/c1-3-21-15-10-14(16(22-4-2)9-11(15)17)20-18-12-7-5-6-8-13(12)19-20/h5-10H,3-4,17H2,1-2H3. The fourth-order valence-electron chi connectivity index (χ4n) is 2.24. The molecule has 2 N–H and O–H groups in total. The second kappa shape index (κ2) is 5.93. The fourth-order valence-corrected chi connectivity index (χ4v) is 2.24. The van der Waals surface area contributed by atoms with Gasteiger partial charge in [0.1, 0.15) is 28.2 Å². The number of nitrogens with zero attached hydrogens (tertiary/aromatic N) is 3. The third-order valence-corrected chi connectivity index (χ3v) is 3.19. The van der Waals surface area contributed by atoms with E-state index < -0.39 is 0 Å². The Kier molecular flexibility index (Phi) is 3.82. The maximum absolute atomic E-state index is 6.00. The molecule has 3 rings (SSSR count). The Bertz CT molecular complexity index is 765. The maximum atomic E-state index is 6.00. The Balaban J connectivity index is 2.15. The van der Waals surface area contributed by atoms with Gasteiger partial charge in [-0.15, -0.1) is 15.0 Å². The molecule has 0 aliphatic heterocycles. The molecule has 2 aromatic carbocycles. The Morgan fingerprint density at radius 2 is 1.55 bits per heavy atom. The number of anilines is 1. The summed E-state index contributed by atoms with van der Waals surface area (Å²) in [5, 5.41) is 8.97. The van der Waals surface area contributed by atoms with Gasteiger partial charge in [-0.2, -0.15) is 0 Å². The SMILES string of the molecule is CCOc1cc(-n2nc3ccccc3n2)c(OCC)cc1N. The van der Waals surface area contributed by atoms with E-state index in [-0.39, 0.29) is 0 Å². The van der Waals surface area contributed by atoms with Crippen LogP contribution in [0.5, 0.6) is 11.5 Å². The summed E-state index contributed by atoms with van der Waals surface area (Å²) in [7, 11) is 0. The molecule has 0 saturated carbocycles. The van der Waals surface area contributed by atoms with E-state index in [0.717, 1.165) is 11.0 Å². The molecule has 0 fully saturated rings. The van der Waals surface area contributed by atoms with Crippen molar-refractivity contribution in [1.29, 1.82) is 0 Å². The zero-order chi connectivity index (χ0) is 15.5. The van der Waals surface area contributed by atoms with Gasteiger partial charge in [0.2, 0.25) is 0 Å². The van der Waals surface area contributed by atoms with Crippen molar-refractivity contribution in [1.82, 2.24) is 15.0 Å². The van der Waals surface area contributed by atoms with Gasteiger partial charge < -0.3 is 15.2 Å². The minimum atomic E-state index is 0.529. The maximum Gasteiger partial charge on any atom is 0.149 e. The zero-order valence-electron chi connectivity index (χ0n) is 12.6. The molecule has 0 saturated heterocycles. The molecule has 0 unspecified atom stereocenters. The number of benzene rings is 2. The van der Waals surface area contributed by atoms with Crippen LogP contribution in [0.1, 0.15) is 13.8 Å². The van der Waals surface area contributed by atoms with Crippen molar-refractivity contribution in [3.63, 3.8) is 0 Å². The Morgan fingerprint density at radius 3 is 2.14 bits per heavy atom. The highest BCUT2D eigenvalue weighted by atomic mass is 16.5. The normalized spacial score (nSPS) is 10.8. The molecule has 1 heterocycles. The molecule has 22 heavy (non-hydrogen) atoms. The monoisotopic (exact) mass is 298 g/mol. The van der Waals surface area contributed by atoms with Crippen LogP contribution in [0.3, 0.4) is 0 Å². The smallest absolute Gasteiger partial charge is 0.149 e. The lowest BCUT2D eigenvalue weighted by Crippen LogP contribution is -2.06. The van der Waals surface area contributed by atoms with Crippen molar-refractivity contribution in [2.75, 3.05) is 18.9 Å². The summed E-state index contributed by atoms with van der Waals surface area (Å²) in [5.41, 5.74) is 8.88. The number of aromatic nitrogens is 3. The first kappa shape index (κ1) is 14.2. The molecule has 3 aromatic rings. The van der Waals surface area contributed by atoms with Gasteiger partial charge in [0.25, 0.3) is 0 Å². The van der Waals surface area contributed by atoms with Gasteiger partial charge in [-0.1, -0.05) is 12.1 Å². The third-order valence-electron chi connectivity index (χ3n) is 3.19. The quantitative estimate of drug-likeness (QED) is 0.733. The summed E-state index contributed by atoms with van der Waals surface area (Å²) >= 11 is 0. The first-order chi connectivity index (χ1) is 10.7. The van der Waals surface area contributed by atoms with Crippen LogP contribution in [0.4, 0.5) is 5.69 Å². The number of hydrogen-bond acceptors (Lipinski definition) is 5. The van der Waals surface area contributed by atoms with Crippen molar-refractivity contribution in [3.8, 4) is 17.2 Å². The van der Waals surface area contributed by atoms with Crippen LogP contribution in [-0.4, -0.2) is 28.2 Å². The van der Waals surface area contributed by atoms with E-state index in [9.17, 15) is 0 Å². The predicted molar refractivity (Wildman–Crippen MR) is 85.6 cm³/mol. The minimum absolute atomic E-state index is 0.529. The van der Waals surface area contributed by atoms with Gasteiger partial charge in [0.05, 0.1) is 18.9 Å². The summed E-state index contributed by atoms with van der Waals surface area (Å²) in [6.45, 7) is 4.90. The van der Waals surface area contributed by atoms with Gasteiger partial charge in [0, 0.05) is 12.1 Å². The molecule has 114 valence electrons. The van der Waals surface area contributed by atoms with Crippen molar-refractivity contribution < 1.29 is 9.47 Å². The number of nitrogens with two attached hydrogens (primary N) is 1. The van der Waals surface area contributed by atoms with Crippen LogP contribution in [0, 0.1) is 0 Å². The first-order valence-electron chi connectivity index (χ1n) is 7.24. The number of fused-ring (bicyclic) bond motifs is 1. The largest absolute Gasteiger partial charge is 0.492 e. The van der Waals surface area contributed by atoms with Crippen LogP contribution >= 0.6 is 0 Å². The molecular weight excluding hydrogens is 280 g/mol. The topological polar surface area (TPSA) is 75.2 Å². The van der Waals surface area contributed by atoms with Crippen LogP contribution in [0.2, 0.25) is 0 Å². The molecule has 0 radical (unpaired) electrons. The lowest BCUT2D eigenvalue weighted by molar-refractivity contribution is 0.329. The third kappa shape index (κ3) is 2.55. The Morgan fingerprint density at radius 1 is 0.955 bits per heavy atom. The Labute approximate surface area is 128 Å². The van der Waals surface area contributed by atoms with E-state index in [4.69, 9.17) is 15.2 Å². The zero-order valence-corrected chi connectivity index (χ0v) is 12.6. The van der Waals surface area contributed by atoms with Crippen molar-refractivity contribution >= 4 is 16.7 Å². The second-order valence-electron chi connectivity index (χ2n) is 4.70. The summed E-state index contributed by atoms with van der Waals surface area (Å²) in [6.07, 6.45) is 0. The number of ether oxygens (including phenoxy) is 2. The molecule has 0 aliphatic carbocycles. The van der Waals surface area contributed by atoms with Crippen molar-refractivity contribution in [2.24, 2.45) is 0 Å². The molecular formula is C16H18N4O2. The van der Waals surface area contributed by atoms with E-state index in [2.05, 4.69) is 10.2 Å². The van der Waals surface area contributed by atoms with Gasteiger partial charge in [-0.05, 0) is 26.0 Å². The molecule has 0 amide bonds.